The van der Waals surface area contributed by atoms with E-state index < -0.39 is 17.2 Å². The Balaban J connectivity index is 0.000000390. The number of Topliss-reactive ketones (excluding diaryl/α,β-unsaturated/α-hetero) is 2. The van der Waals surface area contributed by atoms with Gasteiger partial charge < -0.3 is 35.4 Å². The van der Waals surface area contributed by atoms with Crippen LogP contribution in [0.25, 0.3) is 0 Å². The van der Waals surface area contributed by atoms with E-state index in [1.165, 1.54) is 57.8 Å². The van der Waals surface area contributed by atoms with Crippen LogP contribution in [0.15, 0.2) is 0 Å². The van der Waals surface area contributed by atoms with E-state index in [4.69, 9.17) is 14.8 Å². The van der Waals surface area contributed by atoms with Crippen LogP contribution in [-0.4, -0.2) is 69.1 Å². The van der Waals surface area contributed by atoms with Crippen LogP contribution in [0.5, 0.6) is 0 Å². The molecule has 0 radical (unpaired) electrons. The summed E-state index contributed by atoms with van der Waals surface area (Å²) in [5, 5.41) is 30.2. The van der Waals surface area contributed by atoms with Crippen molar-refractivity contribution in [3.63, 3.8) is 0 Å². The summed E-state index contributed by atoms with van der Waals surface area (Å²) in [4.78, 5) is 58.8. The summed E-state index contributed by atoms with van der Waals surface area (Å²) in [7, 11) is 0. The minimum Gasteiger partial charge on any atom is -0.870 e. The predicted octanol–water partition coefficient (Wildman–Crippen LogP) is 2.66. The molecular weight excluding hydrogens is 902 g/mol. The zero-order valence-corrected chi connectivity index (χ0v) is 45.5. The molecule has 0 aliphatic heterocycles. The average molecular weight is 983 g/mol. The van der Waals surface area contributed by atoms with Crippen LogP contribution < -0.4 is 64.4 Å². The van der Waals surface area contributed by atoms with Gasteiger partial charge in [0.1, 0.15) is 12.4 Å². The van der Waals surface area contributed by atoms with Gasteiger partial charge in [0.25, 0.3) is 6.47 Å². The van der Waals surface area contributed by atoms with Gasteiger partial charge in [-0.2, -0.15) is 0 Å². The zero-order valence-electron chi connectivity index (χ0n) is 39.9. The standard InChI is InChI=1S/C26H39O5.C22H35BrO2.CH2O3.CH4.2Na.H2O/c1-24(30)12-13-25(2)17(15-24)6-7-18-19-8-9-21(26(19,3)11-10-20(18)25)22(28)16-31-23(29)5-4-14-27;1-20(25)10-11-21(2)14(12-20)4-5-15-16-6-7-18(19(24)13-23)22(16,3)9-8-17(15)21;2-1-4-3;;;;/h17-21,30H,4-13,15-16H2,1-3H3;14-18,25H,4-13H2,1-3H3;1,3H;1H4;;;1H2/q-1;;;;2*+1;/p-2/t17?,18-,19-,20?,21+,24+,25-,26-;14?,15-,16-,17?,18+,20+,21-,22-;;;;;/m00...../s1. The second-order valence-corrected chi connectivity index (χ2v) is 23.2. The summed E-state index contributed by atoms with van der Waals surface area (Å²) in [6, 6.07) is 0. The molecule has 8 aliphatic carbocycles. The monoisotopic (exact) mass is 981 g/mol. The molecule has 8 fully saturated rings. The Bertz CT molecular complexity index is 1600. The fourth-order valence-corrected chi connectivity index (χ4v) is 16.9. The Kier molecular flexibility index (Phi) is 22.6. The van der Waals surface area contributed by atoms with Gasteiger partial charge in [0.05, 0.1) is 16.5 Å². The zero-order chi connectivity index (χ0) is 43.9. The van der Waals surface area contributed by atoms with Crippen molar-refractivity contribution in [2.75, 3.05) is 11.9 Å². The van der Waals surface area contributed by atoms with E-state index in [9.17, 15) is 29.4 Å². The van der Waals surface area contributed by atoms with Crippen molar-refractivity contribution in [1.29, 1.82) is 0 Å². The number of esters is 1. The number of halogens is 1. The van der Waals surface area contributed by atoms with Crippen LogP contribution in [0.1, 0.15) is 177 Å². The van der Waals surface area contributed by atoms with Gasteiger partial charge >= 0.3 is 65.1 Å². The van der Waals surface area contributed by atoms with Gasteiger partial charge in [0, 0.05) is 18.3 Å². The SMILES string of the molecule is C.C[C@@]1(O)CC[C@@]2(C)C(CC[C@@H]3C2CC[C@]2(C)[C@@H](C(=O)CBr)CC[C@@H]32)C1.C[C@@]1(O)CC[C@@]2(C)C(CC[C@@H]3C2CC[C@]2(C)[C@@H](C(=O)COC(=O)CC[C-]=O)CC[C@@H]32)C1.O=CO[O-].[Na+].[Na+].[OH-]. The summed E-state index contributed by atoms with van der Waals surface area (Å²) < 4.78 is 5.16. The average Bonchev–Trinajstić information content (AvgIpc) is 3.76. The van der Waals surface area contributed by atoms with Crippen LogP contribution in [0, 0.1) is 80.8 Å². The van der Waals surface area contributed by atoms with E-state index in [0.29, 0.717) is 51.5 Å². The van der Waals surface area contributed by atoms with Crippen molar-refractivity contribution >= 4 is 46.2 Å². The molecule has 3 N–H and O–H groups in total. The smallest absolute Gasteiger partial charge is 0.870 e. The van der Waals surface area contributed by atoms with Crippen LogP contribution in [0.4, 0.5) is 0 Å². The third kappa shape index (κ3) is 11.9. The van der Waals surface area contributed by atoms with Crippen molar-refractivity contribution in [1.82, 2.24) is 0 Å². The van der Waals surface area contributed by atoms with Gasteiger partial charge in [-0.25, -0.2) is 0 Å². The molecule has 0 saturated heterocycles. The molecule has 14 heteroatoms. The van der Waals surface area contributed by atoms with E-state index >= 15 is 0 Å². The second kappa shape index (κ2) is 23.9. The Hall–Kier alpha value is 0.270. The second-order valence-electron chi connectivity index (χ2n) is 22.6. The van der Waals surface area contributed by atoms with Gasteiger partial charge in [-0.1, -0.05) is 51.1 Å². The van der Waals surface area contributed by atoms with Gasteiger partial charge in [-0.15, -0.1) is 6.42 Å². The molecule has 8 saturated carbocycles. The van der Waals surface area contributed by atoms with Gasteiger partial charge in [0.15, 0.2) is 5.78 Å². The number of rotatable bonds is 9. The first-order valence-electron chi connectivity index (χ1n) is 23.5. The Morgan fingerprint density at radius 1 is 0.656 bits per heavy atom. The van der Waals surface area contributed by atoms with E-state index in [2.05, 4.69) is 48.5 Å². The molecule has 64 heavy (non-hydrogen) atoms. The van der Waals surface area contributed by atoms with Crippen molar-refractivity contribution < 1.29 is 114 Å². The Labute approximate surface area is 437 Å². The molecule has 0 amide bonds. The number of hydrogen-bond acceptors (Lipinski definition) is 11. The number of ketones is 2. The van der Waals surface area contributed by atoms with E-state index in [-0.39, 0.29) is 126 Å². The van der Waals surface area contributed by atoms with Gasteiger partial charge in [-0.05, 0) is 198 Å². The first kappa shape index (κ1) is 60.4. The van der Waals surface area contributed by atoms with Gasteiger partial charge in [-0.3, -0.25) is 25.5 Å². The number of fused-ring (bicyclic) bond motifs is 10. The van der Waals surface area contributed by atoms with Crippen LogP contribution >= 0.6 is 15.9 Å². The van der Waals surface area contributed by atoms with Crippen LogP contribution in [0.2, 0.25) is 0 Å². The first-order chi connectivity index (χ1) is 28.2. The fourth-order valence-electron chi connectivity index (χ4n) is 16.5. The largest absolute Gasteiger partial charge is 1.00 e. The summed E-state index contributed by atoms with van der Waals surface area (Å²) in [5.74, 6) is 5.91. The first-order valence-corrected chi connectivity index (χ1v) is 24.6. The molecule has 16 atom stereocenters. The minimum absolute atomic E-state index is 0. The fraction of sp³-hybridized carbons (Fsp3) is 0.900. The Morgan fingerprint density at radius 3 is 1.45 bits per heavy atom. The molecule has 4 unspecified atom stereocenters. The third-order valence-corrected chi connectivity index (χ3v) is 20.2. The molecule has 356 valence electrons. The predicted molar refractivity (Wildman–Crippen MR) is 237 cm³/mol. The van der Waals surface area contributed by atoms with Crippen molar-refractivity contribution in [3.8, 4) is 0 Å². The molecule has 0 aromatic heterocycles. The summed E-state index contributed by atoms with van der Waals surface area (Å²) in [6.07, 6.45) is 22.0. The molecule has 8 rings (SSSR count). The number of ether oxygens (including phenoxy) is 1. The summed E-state index contributed by atoms with van der Waals surface area (Å²) in [6.45, 7) is 13.5. The maximum Gasteiger partial charge on any atom is 1.00 e. The summed E-state index contributed by atoms with van der Waals surface area (Å²) in [5.41, 5.74) is 0.0386. The molecule has 0 spiro atoms. The molecule has 0 aromatic rings. The third-order valence-electron chi connectivity index (χ3n) is 19.7. The Morgan fingerprint density at radius 2 is 1.06 bits per heavy atom. The van der Waals surface area contributed by atoms with Crippen LogP contribution in [-0.2, 0) is 33.6 Å². The van der Waals surface area contributed by atoms with Gasteiger partial charge in [0.2, 0.25) is 0 Å². The van der Waals surface area contributed by atoms with E-state index in [1.807, 2.05) is 13.8 Å². The molecule has 0 aromatic carbocycles. The van der Waals surface area contributed by atoms with Crippen LogP contribution in [0.3, 0.4) is 0 Å². The molecule has 8 aliphatic rings. The molecule has 11 nitrogen and oxygen atoms in total. The van der Waals surface area contributed by atoms with Crippen molar-refractivity contribution in [2.45, 2.75) is 189 Å². The van der Waals surface area contributed by atoms with E-state index in [0.717, 1.165) is 75.5 Å². The normalized spacial score (nSPS) is 44.3. The molecular formula is C50H80BrNa2O11-. The number of aliphatic hydroxyl groups is 2. The molecule has 0 bridgehead atoms. The maximum absolute atomic E-state index is 13.0. The van der Waals surface area contributed by atoms with Crippen molar-refractivity contribution in [2.24, 2.45) is 80.8 Å². The molecule has 0 heterocycles. The quantitative estimate of drug-likeness (QED) is 0.0656. The topological polar surface area (TPSA) is 197 Å². The summed E-state index contributed by atoms with van der Waals surface area (Å²) >= 11 is 3.43. The maximum atomic E-state index is 13.0. The van der Waals surface area contributed by atoms with Crippen molar-refractivity contribution in [3.05, 3.63) is 0 Å². The van der Waals surface area contributed by atoms with E-state index in [1.54, 1.807) is 6.29 Å². The number of carbonyl (C=O) groups is 4. The minimum atomic E-state index is -0.508. The number of hydrogen-bond donors (Lipinski definition) is 2. The number of alkyl halides is 1. The number of carbonyl (C=O) groups excluding carboxylic acids is 5.